The van der Waals surface area contributed by atoms with Crippen molar-refractivity contribution in [3.63, 3.8) is 0 Å². The van der Waals surface area contributed by atoms with Crippen LogP contribution in [-0.2, 0) is 4.79 Å². The summed E-state index contributed by atoms with van der Waals surface area (Å²) >= 11 is 0. The smallest absolute Gasteiger partial charge is 0.218 e. The molecule has 1 amide bonds. The van der Waals surface area contributed by atoms with Gasteiger partial charge in [0.25, 0.3) is 0 Å². The number of carbonyl (C=O) groups is 1. The van der Waals surface area contributed by atoms with Gasteiger partial charge in [-0.05, 0) is 25.3 Å². The summed E-state index contributed by atoms with van der Waals surface area (Å²) in [6.45, 7) is 3.43. The molecule has 0 spiro atoms. The molecule has 1 unspecified atom stereocenters. The number of primary amides is 1. The summed E-state index contributed by atoms with van der Waals surface area (Å²) in [5.74, 6) is 0.725. The highest BCUT2D eigenvalue weighted by atomic mass is 16.5. The van der Waals surface area contributed by atoms with Crippen LogP contribution in [0.1, 0.15) is 36.4 Å². The van der Waals surface area contributed by atoms with E-state index < -0.39 is 0 Å². The fourth-order valence-electron chi connectivity index (χ4n) is 2.35. The van der Waals surface area contributed by atoms with Gasteiger partial charge < -0.3 is 15.8 Å². The average Bonchev–Trinajstić information content (AvgIpc) is 2.53. The molecule has 1 atom stereocenters. The van der Waals surface area contributed by atoms with Gasteiger partial charge in [0.05, 0.1) is 6.61 Å². The van der Waals surface area contributed by atoms with E-state index >= 15 is 0 Å². The minimum absolute atomic E-state index is 0.252. The number of rotatable bonds is 4. The Morgan fingerprint density at radius 2 is 2.39 bits per heavy atom. The van der Waals surface area contributed by atoms with Crippen LogP contribution in [0, 0.1) is 6.92 Å². The van der Waals surface area contributed by atoms with Crippen LogP contribution in [0.4, 0.5) is 0 Å². The molecule has 4 nitrogen and oxygen atoms in total. The number of fused-ring (bicyclic) bond motifs is 1. The Bertz CT molecular complexity index is 432. The molecule has 4 heteroatoms. The molecule has 0 radical (unpaired) electrons. The number of nitrogens with two attached hydrogens (primary N) is 1. The van der Waals surface area contributed by atoms with Crippen LogP contribution in [0.2, 0.25) is 0 Å². The molecular formula is C14H20N2O2. The van der Waals surface area contributed by atoms with Crippen LogP contribution >= 0.6 is 0 Å². The number of hydrogen-bond acceptors (Lipinski definition) is 3. The van der Waals surface area contributed by atoms with E-state index in [9.17, 15) is 4.79 Å². The molecule has 98 valence electrons. The Morgan fingerprint density at radius 1 is 1.56 bits per heavy atom. The van der Waals surface area contributed by atoms with Crippen molar-refractivity contribution in [2.75, 3.05) is 13.2 Å². The van der Waals surface area contributed by atoms with Crippen molar-refractivity contribution in [2.45, 2.75) is 32.2 Å². The van der Waals surface area contributed by atoms with Crippen molar-refractivity contribution < 1.29 is 9.53 Å². The number of hydrogen-bond donors (Lipinski definition) is 2. The molecule has 18 heavy (non-hydrogen) atoms. The first-order valence-electron chi connectivity index (χ1n) is 6.42. The topological polar surface area (TPSA) is 64.3 Å². The van der Waals surface area contributed by atoms with Crippen LogP contribution < -0.4 is 15.8 Å². The molecule has 3 N–H and O–H groups in total. The lowest BCUT2D eigenvalue weighted by atomic mass is 10.00. The summed E-state index contributed by atoms with van der Waals surface area (Å²) < 4.78 is 5.81. The predicted octanol–water partition coefficient (Wildman–Crippen LogP) is 1.67. The highest BCUT2D eigenvalue weighted by Crippen LogP contribution is 2.33. The molecule has 0 saturated heterocycles. The standard InChI is InChI=1S/C14H20N2O2/c1-10-4-2-5-11-12(16-8-7-13(15)17)6-3-9-18-14(10)11/h2,4-5,12,16H,3,6-9H2,1H3,(H2,15,17). The van der Waals surface area contributed by atoms with Gasteiger partial charge in [0.2, 0.25) is 5.91 Å². The zero-order chi connectivity index (χ0) is 13.0. The van der Waals surface area contributed by atoms with E-state index in [1.165, 1.54) is 5.56 Å². The van der Waals surface area contributed by atoms with E-state index in [4.69, 9.17) is 10.5 Å². The van der Waals surface area contributed by atoms with Crippen molar-refractivity contribution in [1.29, 1.82) is 0 Å². The van der Waals surface area contributed by atoms with Gasteiger partial charge in [-0.1, -0.05) is 18.2 Å². The number of aryl methyl sites for hydroxylation is 1. The number of ether oxygens (including phenoxy) is 1. The second-order valence-electron chi connectivity index (χ2n) is 4.71. The fraction of sp³-hybridized carbons (Fsp3) is 0.500. The summed E-state index contributed by atoms with van der Waals surface area (Å²) in [4.78, 5) is 10.8. The van der Waals surface area contributed by atoms with Gasteiger partial charge in [-0.3, -0.25) is 4.79 Å². The number of benzene rings is 1. The molecule has 0 fully saturated rings. The Hall–Kier alpha value is -1.55. The minimum atomic E-state index is -0.267. The van der Waals surface area contributed by atoms with Crippen LogP contribution in [0.5, 0.6) is 5.75 Å². The van der Waals surface area contributed by atoms with E-state index in [1.54, 1.807) is 0 Å². The second kappa shape index (κ2) is 5.87. The zero-order valence-corrected chi connectivity index (χ0v) is 10.7. The number of nitrogens with one attached hydrogen (secondary N) is 1. The van der Waals surface area contributed by atoms with Gasteiger partial charge in [0.1, 0.15) is 5.75 Å². The van der Waals surface area contributed by atoms with E-state index in [1.807, 2.05) is 6.07 Å². The fourth-order valence-corrected chi connectivity index (χ4v) is 2.35. The summed E-state index contributed by atoms with van der Waals surface area (Å²) in [5.41, 5.74) is 7.51. The van der Waals surface area contributed by atoms with Gasteiger partial charge in [-0.15, -0.1) is 0 Å². The van der Waals surface area contributed by atoms with Crippen molar-refractivity contribution in [1.82, 2.24) is 5.32 Å². The normalized spacial score (nSPS) is 18.6. The molecule has 2 rings (SSSR count). The van der Waals surface area contributed by atoms with E-state index in [-0.39, 0.29) is 11.9 Å². The third-order valence-electron chi connectivity index (χ3n) is 3.26. The van der Waals surface area contributed by atoms with Crippen molar-refractivity contribution in [3.8, 4) is 5.75 Å². The molecule has 1 aliphatic rings. The van der Waals surface area contributed by atoms with Crippen molar-refractivity contribution in [3.05, 3.63) is 29.3 Å². The molecule has 0 saturated carbocycles. The lowest BCUT2D eigenvalue weighted by molar-refractivity contribution is -0.117. The Balaban J connectivity index is 2.12. The molecule has 0 aromatic heterocycles. The van der Waals surface area contributed by atoms with Crippen LogP contribution in [-0.4, -0.2) is 19.1 Å². The lowest BCUT2D eigenvalue weighted by Gasteiger charge is -2.19. The van der Waals surface area contributed by atoms with E-state index in [0.717, 1.165) is 30.8 Å². The highest BCUT2D eigenvalue weighted by molar-refractivity contribution is 5.73. The molecule has 1 aromatic rings. The third kappa shape index (κ3) is 3.01. The van der Waals surface area contributed by atoms with Gasteiger partial charge in [0.15, 0.2) is 0 Å². The first kappa shape index (κ1) is 12.9. The maximum atomic E-state index is 10.8. The van der Waals surface area contributed by atoms with Gasteiger partial charge in [0, 0.05) is 24.6 Å². The monoisotopic (exact) mass is 248 g/mol. The molecule has 0 bridgehead atoms. The quantitative estimate of drug-likeness (QED) is 0.852. The molecule has 1 heterocycles. The van der Waals surface area contributed by atoms with E-state index in [0.29, 0.717) is 13.0 Å². The second-order valence-corrected chi connectivity index (χ2v) is 4.71. The minimum Gasteiger partial charge on any atom is -0.493 e. The summed E-state index contributed by atoms with van der Waals surface area (Å²) in [7, 11) is 0. The molecule has 1 aliphatic heterocycles. The van der Waals surface area contributed by atoms with E-state index in [2.05, 4.69) is 24.4 Å². The maximum Gasteiger partial charge on any atom is 0.218 e. The summed E-state index contributed by atoms with van der Waals surface area (Å²) in [6.07, 6.45) is 2.41. The third-order valence-corrected chi connectivity index (χ3v) is 3.26. The van der Waals surface area contributed by atoms with Gasteiger partial charge >= 0.3 is 0 Å². The highest BCUT2D eigenvalue weighted by Gasteiger charge is 2.20. The average molecular weight is 248 g/mol. The van der Waals surface area contributed by atoms with Gasteiger partial charge in [-0.2, -0.15) is 0 Å². The summed E-state index contributed by atoms with van der Waals surface area (Å²) in [5, 5.41) is 3.40. The predicted molar refractivity (Wildman–Crippen MR) is 70.5 cm³/mol. The molecular weight excluding hydrogens is 228 g/mol. The zero-order valence-electron chi connectivity index (χ0n) is 10.7. The largest absolute Gasteiger partial charge is 0.493 e. The summed E-state index contributed by atoms with van der Waals surface area (Å²) in [6, 6.07) is 6.45. The van der Waals surface area contributed by atoms with Crippen molar-refractivity contribution in [2.24, 2.45) is 5.73 Å². The first-order valence-corrected chi connectivity index (χ1v) is 6.42. The number of para-hydroxylation sites is 1. The van der Waals surface area contributed by atoms with Crippen molar-refractivity contribution >= 4 is 5.91 Å². The number of amides is 1. The number of carbonyl (C=O) groups excluding carboxylic acids is 1. The van der Waals surface area contributed by atoms with Gasteiger partial charge in [-0.25, -0.2) is 0 Å². The first-order chi connectivity index (χ1) is 8.68. The van der Waals surface area contributed by atoms with Crippen LogP contribution in [0.25, 0.3) is 0 Å². The molecule has 0 aliphatic carbocycles. The Kier molecular flexibility index (Phi) is 4.20. The Labute approximate surface area is 108 Å². The van der Waals surface area contributed by atoms with Crippen LogP contribution in [0.15, 0.2) is 18.2 Å². The Morgan fingerprint density at radius 3 is 3.17 bits per heavy atom. The maximum absolute atomic E-state index is 10.8. The SMILES string of the molecule is Cc1cccc2c1OCCCC2NCCC(N)=O. The lowest BCUT2D eigenvalue weighted by Crippen LogP contribution is -2.26. The van der Waals surface area contributed by atoms with Crippen LogP contribution in [0.3, 0.4) is 0 Å². The molecule has 1 aromatic carbocycles.